The third-order valence-corrected chi connectivity index (χ3v) is 7.33. The molecule has 0 aliphatic heterocycles. The summed E-state index contributed by atoms with van der Waals surface area (Å²) in [6.45, 7) is 3.97. The van der Waals surface area contributed by atoms with Crippen LogP contribution in [0.15, 0.2) is 60.8 Å². The van der Waals surface area contributed by atoms with E-state index in [2.05, 4.69) is 74.6 Å². The minimum atomic E-state index is -0.783. The molecule has 252 valence electrons. The SMILES string of the molecule is CC/C=C\C/C=C\C/C=C\C/C=C\C/C=C\CCCCCC(=O)OC[C@H](CO)OC(=O)CCCCCCCCCCCCC. The molecule has 0 aromatic rings. The van der Waals surface area contributed by atoms with E-state index >= 15 is 0 Å². The summed E-state index contributed by atoms with van der Waals surface area (Å²) in [6.07, 6.45) is 44.2. The molecule has 5 heteroatoms. The maximum absolute atomic E-state index is 12.1. The Balaban J connectivity index is 3.67. The normalized spacial score (nSPS) is 12.9. The summed E-state index contributed by atoms with van der Waals surface area (Å²) in [7, 11) is 0. The van der Waals surface area contributed by atoms with Gasteiger partial charge in [0.25, 0.3) is 0 Å². The van der Waals surface area contributed by atoms with E-state index in [0.29, 0.717) is 12.8 Å². The molecule has 44 heavy (non-hydrogen) atoms. The van der Waals surface area contributed by atoms with Crippen molar-refractivity contribution in [1.29, 1.82) is 0 Å². The smallest absolute Gasteiger partial charge is 0.306 e. The van der Waals surface area contributed by atoms with Crippen molar-refractivity contribution in [2.75, 3.05) is 13.2 Å². The van der Waals surface area contributed by atoms with E-state index in [1.807, 2.05) is 0 Å². The molecule has 0 fully saturated rings. The molecule has 0 aromatic carbocycles. The molecule has 0 aromatic heterocycles. The number of hydrogen-bond acceptors (Lipinski definition) is 5. The molecular weight excluding hydrogens is 548 g/mol. The number of esters is 2. The minimum Gasteiger partial charge on any atom is -0.462 e. The zero-order chi connectivity index (χ0) is 32.2. The Bertz CT molecular complexity index is 792. The topological polar surface area (TPSA) is 72.8 Å². The second-order valence-corrected chi connectivity index (χ2v) is 11.6. The van der Waals surface area contributed by atoms with Crippen LogP contribution in [0.5, 0.6) is 0 Å². The summed E-state index contributed by atoms with van der Waals surface area (Å²) in [6, 6.07) is 0. The predicted molar refractivity (Wildman–Crippen MR) is 187 cm³/mol. The van der Waals surface area contributed by atoms with Crippen LogP contribution >= 0.6 is 0 Å². The molecule has 1 N–H and O–H groups in total. The number of hydrogen-bond donors (Lipinski definition) is 1. The van der Waals surface area contributed by atoms with Crippen LogP contribution in [0.3, 0.4) is 0 Å². The minimum absolute atomic E-state index is 0.0840. The van der Waals surface area contributed by atoms with Gasteiger partial charge in [0, 0.05) is 12.8 Å². The van der Waals surface area contributed by atoms with Gasteiger partial charge in [-0.15, -0.1) is 0 Å². The number of ether oxygens (including phenoxy) is 2. The van der Waals surface area contributed by atoms with Gasteiger partial charge in [-0.1, -0.05) is 145 Å². The monoisotopic (exact) mass is 614 g/mol. The number of carbonyl (C=O) groups is 2. The zero-order valence-electron chi connectivity index (χ0n) is 28.4. The molecular formula is C39H66O5. The highest BCUT2D eigenvalue weighted by Gasteiger charge is 2.16. The standard InChI is InChI=1S/C39H66O5/c1-3-5-7-9-11-13-15-16-17-18-19-20-21-22-24-25-27-29-31-33-38(41)43-36-37(35-40)44-39(42)34-32-30-28-26-23-14-12-10-8-6-4-2/h5,7,11,13,16-17,19-20,22,24,37,40H,3-4,6,8-10,12,14-15,18,21,23,25-36H2,1-2H3/b7-5-,13-11-,17-16-,20-19-,24-22-/t37-/m0/s1. The van der Waals surface area contributed by atoms with Crippen molar-refractivity contribution >= 4 is 11.9 Å². The summed E-state index contributed by atoms with van der Waals surface area (Å²) in [4.78, 5) is 24.1. The highest BCUT2D eigenvalue weighted by Crippen LogP contribution is 2.13. The van der Waals surface area contributed by atoms with E-state index < -0.39 is 6.10 Å². The second-order valence-electron chi connectivity index (χ2n) is 11.6. The van der Waals surface area contributed by atoms with E-state index in [1.165, 1.54) is 51.4 Å². The van der Waals surface area contributed by atoms with Gasteiger partial charge in [-0.05, 0) is 57.8 Å². The van der Waals surface area contributed by atoms with Crippen LogP contribution in [0.1, 0.15) is 155 Å². The van der Waals surface area contributed by atoms with Gasteiger partial charge in [0.15, 0.2) is 6.10 Å². The van der Waals surface area contributed by atoms with E-state index in [0.717, 1.165) is 77.0 Å². The lowest BCUT2D eigenvalue weighted by molar-refractivity contribution is -0.161. The van der Waals surface area contributed by atoms with Gasteiger partial charge in [0.05, 0.1) is 6.61 Å². The molecule has 0 spiro atoms. The van der Waals surface area contributed by atoms with Crippen LogP contribution in [0.25, 0.3) is 0 Å². The van der Waals surface area contributed by atoms with Crippen molar-refractivity contribution in [1.82, 2.24) is 0 Å². The quantitative estimate of drug-likeness (QED) is 0.0478. The number of allylic oxidation sites excluding steroid dienone is 10. The van der Waals surface area contributed by atoms with Crippen LogP contribution in [0, 0.1) is 0 Å². The average molecular weight is 615 g/mol. The lowest BCUT2D eigenvalue weighted by Gasteiger charge is -2.15. The van der Waals surface area contributed by atoms with Crippen LogP contribution in [0.4, 0.5) is 0 Å². The molecule has 0 rings (SSSR count). The molecule has 0 unspecified atom stereocenters. The largest absolute Gasteiger partial charge is 0.462 e. The van der Waals surface area contributed by atoms with Crippen LogP contribution in [-0.2, 0) is 19.1 Å². The van der Waals surface area contributed by atoms with Crippen LogP contribution in [0.2, 0.25) is 0 Å². The Morgan fingerprint density at radius 2 is 0.977 bits per heavy atom. The fourth-order valence-electron chi connectivity index (χ4n) is 4.64. The van der Waals surface area contributed by atoms with Gasteiger partial charge in [-0.25, -0.2) is 0 Å². The van der Waals surface area contributed by atoms with Crippen LogP contribution in [-0.4, -0.2) is 36.4 Å². The Morgan fingerprint density at radius 1 is 0.545 bits per heavy atom. The number of aliphatic hydroxyl groups is 1. The first-order valence-corrected chi connectivity index (χ1v) is 17.8. The molecule has 1 atom stereocenters. The number of rotatable bonds is 31. The van der Waals surface area contributed by atoms with Gasteiger partial charge in [0.1, 0.15) is 6.61 Å². The average Bonchev–Trinajstić information content (AvgIpc) is 3.02. The van der Waals surface area contributed by atoms with Crippen molar-refractivity contribution in [2.24, 2.45) is 0 Å². The van der Waals surface area contributed by atoms with E-state index in [4.69, 9.17) is 9.47 Å². The van der Waals surface area contributed by atoms with Crippen molar-refractivity contribution in [3.8, 4) is 0 Å². The Kier molecular flexibility index (Phi) is 33.2. The lowest BCUT2D eigenvalue weighted by Crippen LogP contribution is -2.28. The fourth-order valence-corrected chi connectivity index (χ4v) is 4.64. The van der Waals surface area contributed by atoms with Gasteiger partial charge >= 0.3 is 11.9 Å². The summed E-state index contributed by atoms with van der Waals surface area (Å²) < 4.78 is 10.5. The summed E-state index contributed by atoms with van der Waals surface area (Å²) in [5.74, 6) is -0.634. The first-order valence-electron chi connectivity index (χ1n) is 17.8. The van der Waals surface area contributed by atoms with Gasteiger partial charge in [0.2, 0.25) is 0 Å². The summed E-state index contributed by atoms with van der Waals surface area (Å²) in [5, 5.41) is 9.51. The van der Waals surface area contributed by atoms with E-state index in [9.17, 15) is 14.7 Å². The van der Waals surface area contributed by atoms with Crippen molar-refractivity contribution in [3.63, 3.8) is 0 Å². The predicted octanol–water partition coefficient (Wildman–Crippen LogP) is 10.8. The van der Waals surface area contributed by atoms with Crippen molar-refractivity contribution < 1.29 is 24.2 Å². The molecule has 0 radical (unpaired) electrons. The highest BCUT2D eigenvalue weighted by molar-refractivity contribution is 5.70. The molecule has 0 amide bonds. The van der Waals surface area contributed by atoms with Gasteiger partial charge in [-0.2, -0.15) is 0 Å². The fraction of sp³-hybridized carbons (Fsp3) is 0.692. The number of carbonyl (C=O) groups excluding carboxylic acids is 2. The summed E-state index contributed by atoms with van der Waals surface area (Å²) >= 11 is 0. The molecule has 0 saturated carbocycles. The molecule has 0 saturated heterocycles. The third-order valence-electron chi connectivity index (χ3n) is 7.33. The van der Waals surface area contributed by atoms with Gasteiger partial charge < -0.3 is 14.6 Å². The maximum Gasteiger partial charge on any atom is 0.306 e. The molecule has 0 aliphatic carbocycles. The number of unbranched alkanes of at least 4 members (excludes halogenated alkanes) is 13. The van der Waals surface area contributed by atoms with Crippen molar-refractivity contribution in [3.05, 3.63) is 60.8 Å². The molecule has 0 heterocycles. The zero-order valence-corrected chi connectivity index (χ0v) is 28.4. The lowest BCUT2D eigenvalue weighted by atomic mass is 10.1. The number of aliphatic hydroxyl groups excluding tert-OH is 1. The maximum atomic E-state index is 12.1. The Morgan fingerprint density at radius 3 is 1.48 bits per heavy atom. The van der Waals surface area contributed by atoms with Crippen molar-refractivity contribution in [2.45, 2.75) is 161 Å². The molecule has 0 bridgehead atoms. The van der Waals surface area contributed by atoms with E-state index in [1.54, 1.807) is 0 Å². The Hall–Kier alpha value is -2.40. The second kappa shape index (κ2) is 35.1. The summed E-state index contributed by atoms with van der Waals surface area (Å²) in [5.41, 5.74) is 0. The Labute approximate surface area is 271 Å². The first-order chi connectivity index (χ1) is 21.6. The highest BCUT2D eigenvalue weighted by atomic mass is 16.6. The van der Waals surface area contributed by atoms with E-state index in [-0.39, 0.29) is 25.2 Å². The van der Waals surface area contributed by atoms with Gasteiger partial charge in [-0.3, -0.25) is 9.59 Å². The molecule has 0 aliphatic rings. The van der Waals surface area contributed by atoms with Crippen LogP contribution < -0.4 is 0 Å². The molecule has 5 nitrogen and oxygen atoms in total. The third kappa shape index (κ3) is 32.5. The first kappa shape index (κ1) is 41.6.